The van der Waals surface area contributed by atoms with E-state index < -0.39 is 0 Å². The molecule has 5 nitrogen and oxygen atoms in total. The summed E-state index contributed by atoms with van der Waals surface area (Å²) in [6.45, 7) is 1.88. The molecule has 4 rings (SSSR count). The van der Waals surface area contributed by atoms with E-state index in [1.54, 1.807) is 29.8 Å². The van der Waals surface area contributed by atoms with Gasteiger partial charge in [0.25, 0.3) is 0 Å². The van der Waals surface area contributed by atoms with Crippen molar-refractivity contribution in [3.8, 4) is 0 Å². The van der Waals surface area contributed by atoms with E-state index in [9.17, 15) is 4.79 Å². The molecule has 0 unspecified atom stereocenters. The molecule has 3 aromatic heterocycles. The van der Waals surface area contributed by atoms with Crippen LogP contribution in [0.1, 0.15) is 30.2 Å². The number of pyridine rings is 1. The van der Waals surface area contributed by atoms with E-state index in [0.29, 0.717) is 10.8 Å². The van der Waals surface area contributed by atoms with Crippen LogP contribution in [0.15, 0.2) is 29.7 Å². The van der Waals surface area contributed by atoms with Crippen molar-refractivity contribution >= 4 is 56.6 Å². The first-order valence-electron chi connectivity index (χ1n) is 8.46. The summed E-state index contributed by atoms with van der Waals surface area (Å²) < 4.78 is 0. The largest absolute Gasteiger partial charge is 0.310 e. The van der Waals surface area contributed by atoms with Crippen LogP contribution in [-0.4, -0.2) is 26.1 Å². The molecule has 3 heterocycles. The number of thiophene rings is 1. The number of fused-ring (bicyclic) bond motifs is 3. The maximum Gasteiger partial charge on any atom is 0.238 e. The first-order valence-corrected chi connectivity index (χ1v) is 10.5. The number of hydrogen-bond donors (Lipinski definition) is 1. The third-order valence-electron chi connectivity index (χ3n) is 4.35. The summed E-state index contributed by atoms with van der Waals surface area (Å²) in [5.74, 6) is 0.383. The van der Waals surface area contributed by atoms with Gasteiger partial charge in [-0.05, 0) is 50.3 Å². The second-order valence-electron chi connectivity index (χ2n) is 6.18. The van der Waals surface area contributed by atoms with Gasteiger partial charge in [0.15, 0.2) is 0 Å². The fourth-order valence-corrected chi connectivity index (χ4v) is 5.40. The van der Waals surface area contributed by atoms with Gasteiger partial charge in [-0.25, -0.2) is 15.0 Å². The fourth-order valence-electron chi connectivity index (χ4n) is 3.05. The van der Waals surface area contributed by atoms with Crippen LogP contribution in [0, 0.1) is 0 Å². The van der Waals surface area contributed by atoms with Crippen LogP contribution in [0.3, 0.4) is 0 Å². The summed E-state index contributed by atoms with van der Waals surface area (Å²) in [4.78, 5) is 28.0. The molecule has 134 valence electrons. The number of hydrogen-bond acceptors (Lipinski definition) is 6. The van der Waals surface area contributed by atoms with Crippen molar-refractivity contribution in [1.82, 2.24) is 15.0 Å². The maximum atomic E-state index is 12.5. The monoisotopic (exact) mass is 404 g/mol. The number of nitrogens with zero attached hydrogens (tertiary/aromatic N) is 3. The summed E-state index contributed by atoms with van der Waals surface area (Å²) >= 11 is 9.06. The molecule has 8 heteroatoms. The summed E-state index contributed by atoms with van der Waals surface area (Å²) in [5.41, 5.74) is 1.38. The topological polar surface area (TPSA) is 67.8 Å². The third-order valence-corrected chi connectivity index (χ3v) is 6.88. The summed E-state index contributed by atoms with van der Waals surface area (Å²) in [6.07, 6.45) is 7.75. The number of halogens is 1. The Labute approximate surface area is 164 Å². The normalized spacial score (nSPS) is 14.8. The minimum atomic E-state index is -0.301. The van der Waals surface area contributed by atoms with Crippen LogP contribution < -0.4 is 5.32 Å². The van der Waals surface area contributed by atoms with Crippen molar-refractivity contribution < 1.29 is 4.79 Å². The van der Waals surface area contributed by atoms with E-state index in [1.165, 1.54) is 41.2 Å². The Hall–Kier alpha value is -1.70. The van der Waals surface area contributed by atoms with Gasteiger partial charge in [0.05, 0.1) is 10.3 Å². The highest BCUT2D eigenvalue weighted by molar-refractivity contribution is 8.00. The average Bonchev–Trinajstić information content (AvgIpc) is 3.03. The van der Waals surface area contributed by atoms with Gasteiger partial charge in [0.1, 0.15) is 22.0 Å². The highest BCUT2D eigenvalue weighted by Gasteiger charge is 2.23. The number of carbonyl (C=O) groups excluding carboxylic acids is 1. The smallest absolute Gasteiger partial charge is 0.238 e. The molecule has 0 aromatic carbocycles. The molecule has 0 saturated carbocycles. The van der Waals surface area contributed by atoms with Crippen molar-refractivity contribution in [2.75, 3.05) is 5.32 Å². The van der Waals surface area contributed by atoms with Gasteiger partial charge in [0, 0.05) is 16.5 Å². The lowest BCUT2D eigenvalue weighted by Crippen LogP contribution is -2.23. The molecule has 1 amide bonds. The first kappa shape index (κ1) is 17.7. The molecule has 0 spiro atoms. The Morgan fingerprint density at radius 2 is 2.12 bits per heavy atom. The van der Waals surface area contributed by atoms with Crippen molar-refractivity contribution in [3.05, 3.63) is 40.1 Å². The van der Waals surface area contributed by atoms with E-state index in [1.807, 2.05) is 6.92 Å². The highest BCUT2D eigenvalue weighted by atomic mass is 35.5. The van der Waals surface area contributed by atoms with Crippen LogP contribution in [0.5, 0.6) is 0 Å². The number of carbonyl (C=O) groups is 1. The van der Waals surface area contributed by atoms with Crippen molar-refractivity contribution in [2.45, 2.75) is 42.9 Å². The summed E-state index contributed by atoms with van der Waals surface area (Å²) in [6, 6.07) is 3.39. The lowest BCUT2D eigenvalue weighted by molar-refractivity contribution is -0.115. The van der Waals surface area contributed by atoms with Crippen molar-refractivity contribution in [1.29, 1.82) is 0 Å². The highest BCUT2D eigenvalue weighted by Crippen LogP contribution is 2.40. The number of aromatic nitrogens is 3. The molecule has 0 radical (unpaired) electrons. The number of rotatable bonds is 4. The maximum absolute atomic E-state index is 12.5. The molecule has 0 saturated heterocycles. The Morgan fingerprint density at radius 3 is 2.92 bits per heavy atom. The van der Waals surface area contributed by atoms with Crippen LogP contribution >= 0.6 is 34.7 Å². The van der Waals surface area contributed by atoms with Crippen LogP contribution in [0.25, 0.3) is 10.2 Å². The van der Waals surface area contributed by atoms with Crippen molar-refractivity contribution in [3.63, 3.8) is 0 Å². The predicted octanol–water partition coefficient (Wildman–Crippen LogP) is 4.74. The molecule has 1 aliphatic carbocycles. The number of amides is 1. The molecule has 1 N–H and O–H groups in total. The Balaban J connectivity index is 1.55. The van der Waals surface area contributed by atoms with E-state index >= 15 is 0 Å². The van der Waals surface area contributed by atoms with Gasteiger partial charge < -0.3 is 5.32 Å². The zero-order valence-corrected chi connectivity index (χ0v) is 16.5. The van der Waals surface area contributed by atoms with E-state index in [-0.39, 0.29) is 11.2 Å². The van der Waals surface area contributed by atoms with Crippen LogP contribution in [-0.2, 0) is 17.6 Å². The molecule has 0 fully saturated rings. The lowest BCUT2D eigenvalue weighted by Gasteiger charge is -2.14. The van der Waals surface area contributed by atoms with Crippen LogP contribution in [0.4, 0.5) is 5.82 Å². The molecule has 1 atom stereocenters. The zero-order chi connectivity index (χ0) is 18.1. The molecule has 0 bridgehead atoms. The van der Waals surface area contributed by atoms with Gasteiger partial charge in [0.2, 0.25) is 5.91 Å². The third kappa shape index (κ3) is 3.56. The van der Waals surface area contributed by atoms with Gasteiger partial charge in [-0.2, -0.15) is 0 Å². The fraction of sp³-hybridized carbons (Fsp3) is 0.333. The number of thioether (sulfide) groups is 1. The Bertz CT molecular complexity index is 958. The van der Waals surface area contributed by atoms with Gasteiger partial charge in [-0.3, -0.25) is 4.79 Å². The van der Waals surface area contributed by atoms with Gasteiger partial charge >= 0.3 is 0 Å². The quantitative estimate of drug-likeness (QED) is 0.502. The predicted molar refractivity (Wildman–Crippen MR) is 107 cm³/mol. The minimum absolute atomic E-state index is 0.110. The molecular weight excluding hydrogens is 388 g/mol. The molecule has 3 aromatic rings. The van der Waals surface area contributed by atoms with E-state index in [2.05, 4.69) is 20.3 Å². The number of aryl methyl sites for hydroxylation is 2. The van der Waals surface area contributed by atoms with E-state index in [4.69, 9.17) is 11.6 Å². The zero-order valence-electron chi connectivity index (χ0n) is 14.2. The number of nitrogens with one attached hydrogen (secondary N) is 1. The lowest BCUT2D eigenvalue weighted by atomic mass is 9.97. The molecule has 0 aliphatic heterocycles. The summed E-state index contributed by atoms with van der Waals surface area (Å²) in [5, 5.41) is 5.09. The van der Waals surface area contributed by atoms with Gasteiger partial charge in [-0.15, -0.1) is 11.3 Å². The standard InChI is InChI=1S/C18H17ClN4OS2/c1-10(16(24)23-14-7-6-11(19)8-20-14)25-17-15-12-4-2-3-5-13(12)26-18(15)22-9-21-17/h6-10H,2-5H2,1H3,(H,20,23,24)/t10-/m1/s1. The molecule has 1 aliphatic rings. The first-order chi connectivity index (χ1) is 12.6. The summed E-state index contributed by atoms with van der Waals surface area (Å²) in [7, 11) is 0. The SMILES string of the molecule is C[C@@H](Sc1ncnc2sc3c(c12)CCCC3)C(=O)Nc1ccc(Cl)cn1. The Morgan fingerprint density at radius 1 is 1.27 bits per heavy atom. The van der Waals surface area contributed by atoms with Crippen molar-refractivity contribution in [2.24, 2.45) is 0 Å². The van der Waals surface area contributed by atoms with Gasteiger partial charge in [-0.1, -0.05) is 23.4 Å². The van der Waals surface area contributed by atoms with Crippen LogP contribution in [0.2, 0.25) is 5.02 Å². The molecular formula is C18H17ClN4OS2. The number of anilines is 1. The molecule has 26 heavy (non-hydrogen) atoms. The van der Waals surface area contributed by atoms with E-state index in [0.717, 1.165) is 28.1 Å². The average molecular weight is 405 g/mol. The second-order valence-corrected chi connectivity index (χ2v) is 9.03. The Kier molecular flexibility index (Phi) is 5.11. The second kappa shape index (κ2) is 7.50. The minimum Gasteiger partial charge on any atom is -0.310 e.